The van der Waals surface area contributed by atoms with Gasteiger partial charge in [0, 0.05) is 18.1 Å². The maximum atomic E-state index is 13.8. The van der Waals surface area contributed by atoms with E-state index in [9.17, 15) is 8.78 Å². The summed E-state index contributed by atoms with van der Waals surface area (Å²) in [6.45, 7) is 3.59. The molecule has 0 spiro atoms. The maximum absolute atomic E-state index is 13.8. The molecule has 0 aliphatic heterocycles. The maximum Gasteiger partial charge on any atom is 0.151 e. The topological polar surface area (TPSA) is 75.9 Å². The molecule has 1 aromatic heterocycles. The Kier molecular flexibility index (Phi) is 4.54. The first kappa shape index (κ1) is 15.4. The Hall–Kier alpha value is -1.99. The summed E-state index contributed by atoms with van der Waals surface area (Å²) in [5, 5.41) is 2.69. The lowest BCUT2D eigenvalue weighted by atomic mass is 10.2. The fraction of sp³-hybridized carbons (Fsp3) is 0.231. The summed E-state index contributed by atoms with van der Waals surface area (Å²) in [6.07, 6.45) is 0.573. The highest BCUT2D eigenvalue weighted by molar-refractivity contribution is 6.33. The molecule has 5 nitrogen and oxygen atoms in total. The second-order valence-corrected chi connectivity index (χ2v) is 4.74. The van der Waals surface area contributed by atoms with E-state index in [0.29, 0.717) is 29.4 Å². The molecule has 2 rings (SSSR count). The van der Waals surface area contributed by atoms with Crippen molar-refractivity contribution in [3.05, 3.63) is 40.2 Å². The van der Waals surface area contributed by atoms with Crippen LogP contribution in [-0.4, -0.2) is 9.97 Å². The van der Waals surface area contributed by atoms with Gasteiger partial charge in [0.2, 0.25) is 0 Å². The lowest BCUT2D eigenvalue weighted by molar-refractivity contribution is 0.586. The molecule has 2 aromatic rings. The van der Waals surface area contributed by atoms with Gasteiger partial charge in [-0.3, -0.25) is 0 Å². The van der Waals surface area contributed by atoms with Gasteiger partial charge < -0.3 is 10.7 Å². The van der Waals surface area contributed by atoms with E-state index < -0.39 is 11.6 Å². The van der Waals surface area contributed by atoms with Crippen LogP contribution < -0.4 is 16.6 Å². The van der Waals surface area contributed by atoms with Crippen molar-refractivity contribution >= 4 is 28.9 Å². The number of nitrogens with one attached hydrogen (secondary N) is 2. The van der Waals surface area contributed by atoms with Crippen LogP contribution in [-0.2, 0) is 6.42 Å². The van der Waals surface area contributed by atoms with Crippen LogP contribution in [0.2, 0.25) is 5.02 Å². The quantitative estimate of drug-likeness (QED) is 0.596. The van der Waals surface area contributed by atoms with Gasteiger partial charge in [-0.1, -0.05) is 18.5 Å². The molecule has 0 fully saturated rings. The minimum absolute atomic E-state index is 0.0510. The van der Waals surface area contributed by atoms with Crippen molar-refractivity contribution in [3.8, 4) is 0 Å². The smallest absolute Gasteiger partial charge is 0.151 e. The molecule has 0 amide bonds. The molecule has 8 heteroatoms. The summed E-state index contributed by atoms with van der Waals surface area (Å²) < 4.78 is 26.9. The zero-order chi connectivity index (χ0) is 15.6. The van der Waals surface area contributed by atoms with Gasteiger partial charge in [-0.05, 0) is 13.0 Å². The number of nitrogen functional groups attached to an aromatic ring is 1. The van der Waals surface area contributed by atoms with Crippen molar-refractivity contribution < 1.29 is 8.78 Å². The van der Waals surface area contributed by atoms with Crippen LogP contribution in [0.3, 0.4) is 0 Å². The summed E-state index contributed by atoms with van der Waals surface area (Å²) in [7, 11) is 0. The Morgan fingerprint density at radius 1 is 1.24 bits per heavy atom. The van der Waals surface area contributed by atoms with Crippen molar-refractivity contribution in [1.82, 2.24) is 9.97 Å². The SMILES string of the molecule is CCc1nc(NN)c(C)c(Nc2c(F)cc(F)cc2Cl)n1. The van der Waals surface area contributed by atoms with E-state index in [4.69, 9.17) is 17.4 Å². The molecular formula is C13H14ClF2N5. The first-order chi connectivity index (χ1) is 9.96. The number of anilines is 3. The van der Waals surface area contributed by atoms with E-state index in [-0.39, 0.29) is 10.7 Å². The normalized spacial score (nSPS) is 10.6. The number of benzene rings is 1. The van der Waals surface area contributed by atoms with Crippen LogP contribution in [0.15, 0.2) is 12.1 Å². The predicted octanol–water partition coefficient (Wildman–Crippen LogP) is 3.31. The van der Waals surface area contributed by atoms with Gasteiger partial charge in [0.15, 0.2) is 5.82 Å². The van der Waals surface area contributed by atoms with Gasteiger partial charge in [0.25, 0.3) is 0 Å². The van der Waals surface area contributed by atoms with Gasteiger partial charge in [-0.25, -0.2) is 24.6 Å². The van der Waals surface area contributed by atoms with Crippen molar-refractivity contribution in [2.24, 2.45) is 5.84 Å². The monoisotopic (exact) mass is 313 g/mol. The number of nitrogens with zero attached hydrogens (tertiary/aromatic N) is 2. The van der Waals surface area contributed by atoms with Crippen LogP contribution in [0.25, 0.3) is 0 Å². The van der Waals surface area contributed by atoms with Crippen LogP contribution >= 0.6 is 11.6 Å². The Labute approximate surface area is 125 Å². The minimum atomic E-state index is -0.807. The highest BCUT2D eigenvalue weighted by Crippen LogP contribution is 2.31. The Balaban J connectivity index is 2.49. The lowest BCUT2D eigenvalue weighted by Crippen LogP contribution is -2.14. The van der Waals surface area contributed by atoms with Gasteiger partial charge >= 0.3 is 0 Å². The molecule has 0 aliphatic carbocycles. The molecule has 112 valence electrons. The summed E-state index contributed by atoms with van der Waals surface area (Å²) >= 11 is 5.86. The molecular weight excluding hydrogens is 300 g/mol. The predicted molar refractivity (Wildman–Crippen MR) is 78.6 cm³/mol. The largest absolute Gasteiger partial charge is 0.336 e. The Morgan fingerprint density at radius 2 is 1.90 bits per heavy atom. The molecule has 0 aliphatic rings. The third-order valence-corrected chi connectivity index (χ3v) is 3.19. The first-order valence-corrected chi connectivity index (χ1v) is 6.59. The molecule has 0 saturated carbocycles. The summed E-state index contributed by atoms with van der Waals surface area (Å²) in [5.41, 5.74) is 3.00. The average molecular weight is 314 g/mol. The minimum Gasteiger partial charge on any atom is -0.336 e. The van der Waals surface area contributed by atoms with Gasteiger partial charge in [-0.15, -0.1) is 0 Å². The van der Waals surface area contributed by atoms with Crippen LogP contribution in [0, 0.1) is 18.6 Å². The number of halogens is 3. The van der Waals surface area contributed by atoms with Crippen LogP contribution in [0.5, 0.6) is 0 Å². The van der Waals surface area contributed by atoms with Crippen molar-refractivity contribution in [3.63, 3.8) is 0 Å². The highest BCUT2D eigenvalue weighted by Gasteiger charge is 2.15. The van der Waals surface area contributed by atoms with Crippen molar-refractivity contribution in [1.29, 1.82) is 0 Å². The van der Waals surface area contributed by atoms with Crippen molar-refractivity contribution in [2.45, 2.75) is 20.3 Å². The van der Waals surface area contributed by atoms with E-state index in [1.165, 1.54) is 0 Å². The molecule has 21 heavy (non-hydrogen) atoms. The van der Waals surface area contributed by atoms with Crippen LogP contribution in [0.4, 0.5) is 26.1 Å². The summed E-state index contributed by atoms with van der Waals surface area (Å²) in [6, 6.07) is 1.76. The third kappa shape index (κ3) is 3.20. The molecule has 1 heterocycles. The number of hydrazine groups is 1. The molecule has 0 bridgehead atoms. The molecule has 0 saturated heterocycles. The Morgan fingerprint density at radius 3 is 2.48 bits per heavy atom. The second-order valence-electron chi connectivity index (χ2n) is 4.33. The Bertz CT molecular complexity index is 655. The molecule has 0 radical (unpaired) electrons. The zero-order valence-corrected chi connectivity index (χ0v) is 12.2. The van der Waals surface area contributed by atoms with E-state index in [0.717, 1.165) is 12.1 Å². The molecule has 4 N–H and O–H groups in total. The standard InChI is InChI=1S/C13H14ClF2N5/c1-3-10-18-12(6(2)13(19-10)21-17)20-11-8(14)4-7(15)5-9(11)16/h4-5H,3,17H2,1-2H3,(H2,18,19,20,21). The number of aromatic nitrogens is 2. The second kappa shape index (κ2) is 6.19. The van der Waals surface area contributed by atoms with Crippen molar-refractivity contribution in [2.75, 3.05) is 10.7 Å². The van der Waals surface area contributed by atoms with E-state index in [1.54, 1.807) is 6.92 Å². The highest BCUT2D eigenvalue weighted by atomic mass is 35.5. The number of rotatable bonds is 4. The summed E-state index contributed by atoms with van der Waals surface area (Å²) in [5.74, 6) is 5.13. The molecule has 0 atom stereocenters. The number of nitrogens with two attached hydrogens (primary N) is 1. The average Bonchev–Trinajstić information content (AvgIpc) is 2.44. The van der Waals surface area contributed by atoms with Gasteiger partial charge in [0.1, 0.15) is 23.3 Å². The van der Waals surface area contributed by atoms with Crippen LogP contribution in [0.1, 0.15) is 18.3 Å². The number of aryl methyl sites for hydroxylation is 1. The van der Waals surface area contributed by atoms with Gasteiger partial charge in [-0.2, -0.15) is 0 Å². The zero-order valence-electron chi connectivity index (χ0n) is 11.5. The third-order valence-electron chi connectivity index (χ3n) is 2.90. The van der Waals surface area contributed by atoms with E-state index >= 15 is 0 Å². The molecule has 1 aromatic carbocycles. The summed E-state index contributed by atoms with van der Waals surface area (Å²) in [4.78, 5) is 8.46. The fourth-order valence-electron chi connectivity index (χ4n) is 1.76. The molecule has 0 unspecified atom stereocenters. The fourth-order valence-corrected chi connectivity index (χ4v) is 2.01. The van der Waals surface area contributed by atoms with E-state index in [1.807, 2.05) is 6.92 Å². The van der Waals surface area contributed by atoms with E-state index in [2.05, 4.69) is 20.7 Å². The number of hydrogen-bond acceptors (Lipinski definition) is 5. The van der Waals surface area contributed by atoms with Gasteiger partial charge in [0.05, 0.1) is 10.7 Å². The lowest BCUT2D eigenvalue weighted by Gasteiger charge is -2.14. The first-order valence-electron chi connectivity index (χ1n) is 6.22. The number of hydrogen-bond donors (Lipinski definition) is 3.